The Labute approximate surface area is 163 Å². The summed E-state index contributed by atoms with van der Waals surface area (Å²) >= 11 is 0. The molecule has 0 aromatic heterocycles. The number of ether oxygens (including phenoxy) is 1. The van der Waals surface area contributed by atoms with Crippen molar-refractivity contribution in [2.45, 2.75) is 70.1 Å². The summed E-state index contributed by atoms with van der Waals surface area (Å²) in [4.78, 5) is 0. The van der Waals surface area contributed by atoms with Gasteiger partial charge in [-0.25, -0.2) is 0 Å². The minimum atomic E-state index is -3.58. The number of fused-ring (bicyclic) bond motifs is 1. The highest BCUT2D eigenvalue weighted by molar-refractivity contribution is 7.87. The van der Waals surface area contributed by atoms with Crippen molar-refractivity contribution in [2.24, 2.45) is 0 Å². The minimum Gasteiger partial charge on any atom is -0.487 e. The van der Waals surface area contributed by atoms with Crippen molar-refractivity contribution >= 4 is 28.3 Å². The average molecular weight is 404 g/mol. The highest BCUT2D eigenvalue weighted by atomic mass is 35.5. The second-order valence-corrected chi connectivity index (χ2v) is 9.61. The summed E-state index contributed by atoms with van der Waals surface area (Å²) < 4.78 is 36.3. The number of nitrogens with one attached hydrogen (secondary N) is 1. The molecule has 0 bridgehead atoms. The van der Waals surface area contributed by atoms with Crippen LogP contribution in [-0.4, -0.2) is 31.4 Å². The van der Waals surface area contributed by atoms with Crippen molar-refractivity contribution in [3.8, 4) is 5.75 Å². The Morgan fingerprint density at radius 3 is 2.54 bits per heavy atom. The van der Waals surface area contributed by atoms with Gasteiger partial charge in [0.1, 0.15) is 11.4 Å². The minimum absolute atomic E-state index is 0. The van der Waals surface area contributed by atoms with Crippen molar-refractivity contribution in [3.63, 3.8) is 0 Å². The topological polar surface area (TPSA) is 84.7 Å². The fourth-order valence-corrected chi connectivity index (χ4v) is 5.22. The van der Waals surface area contributed by atoms with E-state index in [1.165, 1.54) is 10.7 Å². The van der Waals surface area contributed by atoms with Crippen molar-refractivity contribution in [2.75, 3.05) is 12.8 Å². The third-order valence-corrected chi connectivity index (χ3v) is 6.89. The number of hydrogen-bond donors (Lipinski definition) is 2. The van der Waals surface area contributed by atoms with Gasteiger partial charge in [0.25, 0.3) is 10.2 Å². The largest absolute Gasteiger partial charge is 0.487 e. The lowest BCUT2D eigenvalue weighted by molar-refractivity contribution is 0.0698. The summed E-state index contributed by atoms with van der Waals surface area (Å²) in [5.74, 6) is 0.693. The first-order valence-electron chi connectivity index (χ1n) is 9.02. The lowest BCUT2D eigenvalue weighted by Crippen LogP contribution is -2.48. The smallest absolute Gasteiger partial charge is 0.280 e. The molecule has 1 saturated carbocycles. The van der Waals surface area contributed by atoms with Gasteiger partial charge in [0.2, 0.25) is 0 Å². The number of halogens is 1. The van der Waals surface area contributed by atoms with Crippen LogP contribution in [0.5, 0.6) is 5.75 Å². The van der Waals surface area contributed by atoms with Crippen LogP contribution in [0.15, 0.2) is 18.2 Å². The van der Waals surface area contributed by atoms with E-state index >= 15 is 0 Å². The Balaban J connectivity index is 0.00000243. The van der Waals surface area contributed by atoms with Crippen molar-refractivity contribution in [1.29, 1.82) is 0 Å². The van der Waals surface area contributed by atoms with Gasteiger partial charge in [0, 0.05) is 30.8 Å². The summed E-state index contributed by atoms with van der Waals surface area (Å²) in [6.07, 6.45) is 5.79. The van der Waals surface area contributed by atoms with E-state index < -0.39 is 15.8 Å². The quantitative estimate of drug-likeness (QED) is 0.754. The van der Waals surface area contributed by atoms with Crippen LogP contribution in [0, 0.1) is 0 Å². The number of rotatable bonds is 4. The molecule has 1 heterocycles. The molecular formula is C18H30ClN3O3S. The fraction of sp³-hybridized carbons (Fsp3) is 0.667. The predicted octanol–water partition coefficient (Wildman–Crippen LogP) is 3.39. The van der Waals surface area contributed by atoms with Gasteiger partial charge in [-0.05, 0) is 44.9 Å². The van der Waals surface area contributed by atoms with Crippen LogP contribution in [-0.2, 0) is 10.2 Å². The van der Waals surface area contributed by atoms with E-state index in [0.29, 0.717) is 17.9 Å². The predicted molar refractivity (Wildman–Crippen MR) is 107 cm³/mol. The first-order valence-corrected chi connectivity index (χ1v) is 10.5. The maximum atomic E-state index is 12.9. The van der Waals surface area contributed by atoms with Gasteiger partial charge in [-0.3, -0.25) is 0 Å². The maximum Gasteiger partial charge on any atom is 0.280 e. The van der Waals surface area contributed by atoms with Crippen molar-refractivity contribution in [1.82, 2.24) is 9.03 Å². The van der Waals surface area contributed by atoms with Crippen LogP contribution < -0.4 is 15.2 Å². The molecule has 148 valence electrons. The molecule has 0 spiro atoms. The summed E-state index contributed by atoms with van der Waals surface area (Å²) in [7, 11) is -1.89. The molecule has 0 radical (unpaired) electrons. The van der Waals surface area contributed by atoms with E-state index in [9.17, 15) is 8.42 Å². The molecule has 3 rings (SSSR count). The molecule has 6 nitrogen and oxygen atoms in total. The molecule has 8 heteroatoms. The molecule has 1 aliphatic heterocycles. The zero-order valence-corrected chi connectivity index (χ0v) is 17.3. The normalized spacial score (nSPS) is 23.0. The average Bonchev–Trinajstić information content (AvgIpc) is 2.54. The van der Waals surface area contributed by atoms with Gasteiger partial charge in [0.15, 0.2) is 0 Å². The fourth-order valence-electron chi connectivity index (χ4n) is 3.88. The number of benzene rings is 1. The standard InChI is InChI=1S/C18H29N3O3S.ClH/c1-18(2)12-16(15-11-13(19)9-10-17(15)24-18)20-25(22,23)21(3)14-7-5-4-6-8-14;/h9-11,14,16,20H,4-8,12,19H2,1-3H3;1H. The first-order chi connectivity index (χ1) is 11.7. The Morgan fingerprint density at radius 2 is 1.88 bits per heavy atom. The first kappa shape index (κ1) is 21.3. The van der Waals surface area contributed by atoms with Crippen molar-refractivity contribution < 1.29 is 13.2 Å². The van der Waals surface area contributed by atoms with Crippen LogP contribution in [0.4, 0.5) is 5.69 Å². The zero-order chi connectivity index (χ0) is 18.2. The third kappa shape index (κ3) is 4.63. The van der Waals surface area contributed by atoms with Gasteiger partial charge in [-0.1, -0.05) is 19.3 Å². The summed E-state index contributed by atoms with van der Waals surface area (Å²) in [6, 6.07) is 5.13. The van der Waals surface area contributed by atoms with Gasteiger partial charge in [-0.2, -0.15) is 17.4 Å². The molecule has 2 aliphatic rings. The van der Waals surface area contributed by atoms with Crippen LogP contribution in [0.3, 0.4) is 0 Å². The SMILES string of the molecule is CN(C1CCCCC1)S(=O)(=O)NC1CC(C)(C)Oc2ccc(N)cc21.Cl. The number of anilines is 1. The second-order valence-electron chi connectivity index (χ2n) is 7.85. The third-order valence-electron chi connectivity index (χ3n) is 5.25. The summed E-state index contributed by atoms with van der Waals surface area (Å²) in [5.41, 5.74) is 6.87. The highest BCUT2D eigenvalue weighted by Gasteiger charge is 2.37. The lowest BCUT2D eigenvalue weighted by atomic mass is 9.90. The molecule has 0 saturated heterocycles. The van der Waals surface area contributed by atoms with Crippen LogP contribution >= 0.6 is 12.4 Å². The Morgan fingerprint density at radius 1 is 1.23 bits per heavy atom. The molecular weight excluding hydrogens is 374 g/mol. The van der Waals surface area contributed by atoms with E-state index in [0.717, 1.165) is 31.2 Å². The second kappa shape index (κ2) is 7.92. The van der Waals surface area contributed by atoms with Gasteiger partial charge in [0.05, 0.1) is 6.04 Å². The van der Waals surface area contributed by atoms with E-state index in [4.69, 9.17) is 10.5 Å². The van der Waals surface area contributed by atoms with E-state index in [-0.39, 0.29) is 24.5 Å². The molecule has 1 fully saturated rings. The highest BCUT2D eigenvalue weighted by Crippen LogP contribution is 2.41. The lowest BCUT2D eigenvalue weighted by Gasteiger charge is -2.39. The Bertz CT molecular complexity index is 733. The number of nitrogen functional groups attached to an aromatic ring is 1. The van der Waals surface area contributed by atoms with Crippen molar-refractivity contribution in [3.05, 3.63) is 23.8 Å². The molecule has 1 aromatic carbocycles. The summed E-state index contributed by atoms with van der Waals surface area (Å²) in [5, 5.41) is 0. The van der Waals surface area contributed by atoms with E-state index in [2.05, 4.69) is 4.72 Å². The Kier molecular flexibility index (Phi) is 6.48. The van der Waals surface area contributed by atoms with Gasteiger partial charge >= 0.3 is 0 Å². The monoisotopic (exact) mass is 403 g/mol. The molecule has 1 unspecified atom stereocenters. The number of hydrogen-bond acceptors (Lipinski definition) is 4. The molecule has 1 aromatic rings. The summed E-state index contributed by atoms with van der Waals surface area (Å²) in [6.45, 7) is 3.94. The maximum absolute atomic E-state index is 12.9. The van der Waals surface area contributed by atoms with Crippen LogP contribution in [0.1, 0.15) is 64.0 Å². The van der Waals surface area contributed by atoms with E-state index in [1.807, 2.05) is 19.9 Å². The molecule has 3 N–H and O–H groups in total. The van der Waals surface area contributed by atoms with Gasteiger partial charge in [-0.15, -0.1) is 12.4 Å². The molecule has 1 aliphatic carbocycles. The zero-order valence-electron chi connectivity index (χ0n) is 15.7. The molecule has 26 heavy (non-hydrogen) atoms. The van der Waals surface area contributed by atoms with Crippen LogP contribution in [0.25, 0.3) is 0 Å². The van der Waals surface area contributed by atoms with Crippen LogP contribution in [0.2, 0.25) is 0 Å². The molecule has 1 atom stereocenters. The van der Waals surface area contributed by atoms with E-state index in [1.54, 1.807) is 19.2 Å². The van der Waals surface area contributed by atoms with Gasteiger partial charge < -0.3 is 10.5 Å². The molecule has 0 amide bonds. The Hall–Kier alpha value is -1.02. The number of nitrogens with zero attached hydrogens (tertiary/aromatic N) is 1. The number of nitrogens with two attached hydrogens (primary N) is 1.